The van der Waals surface area contributed by atoms with Crippen molar-refractivity contribution < 1.29 is 8.42 Å². The third-order valence-electron chi connectivity index (χ3n) is 3.34. The fourth-order valence-electron chi connectivity index (χ4n) is 1.96. The lowest BCUT2D eigenvalue weighted by Crippen LogP contribution is -2.40. The van der Waals surface area contributed by atoms with E-state index in [-0.39, 0.29) is 6.04 Å². The second kappa shape index (κ2) is 5.06. The van der Waals surface area contributed by atoms with E-state index in [9.17, 15) is 8.42 Å². The molecule has 0 radical (unpaired) electrons. The van der Waals surface area contributed by atoms with Gasteiger partial charge in [0, 0.05) is 22.8 Å². The van der Waals surface area contributed by atoms with Gasteiger partial charge in [0.05, 0.1) is 4.90 Å². The number of hydrogen-bond acceptors (Lipinski definition) is 4. The lowest BCUT2D eigenvalue weighted by atomic mass is 9.81. The van der Waals surface area contributed by atoms with E-state index in [1.165, 1.54) is 17.8 Å². The molecule has 1 saturated carbocycles. The zero-order chi connectivity index (χ0) is 12.5. The molecule has 6 heteroatoms. The molecule has 3 N–H and O–H groups in total. The lowest BCUT2D eigenvalue weighted by Gasteiger charge is -2.31. The summed E-state index contributed by atoms with van der Waals surface area (Å²) in [6.45, 7) is 2.33. The molecule has 1 aliphatic rings. The van der Waals surface area contributed by atoms with Gasteiger partial charge in [0.2, 0.25) is 10.0 Å². The van der Waals surface area contributed by atoms with Crippen molar-refractivity contribution in [2.45, 2.75) is 43.7 Å². The van der Waals surface area contributed by atoms with Crippen LogP contribution in [0, 0.1) is 5.92 Å². The van der Waals surface area contributed by atoms with Crippen LogP contribution < -0.4 is 10.5 Å². The van der Waals surface area contributed by atoms with E-state index >= 15 is 0 Å². The molecule has 96 valence electrons. The highest BCUT2D eigenvalue weighted by Crippen LogP contribution is 2.30. The zero-order valence-corrected chi connectivity index (χ0v) is 11.5. The fraction of sp³-hybridized carbons (Fsp3) is 0.636. The summed E-state index contributed by atoms with van der Waals surface area (Å²) >= 11 is 1.39. The summed E-state index contributed by atoms with van der Waals surface area (Å²) in [6, 6.07) is 1.68. The van der Waals surface area contributed by atoms with Gasteiger partial charge in [-0.25, -0.2) is 13.1 Å². The van der Waals surface area contributed by atoms with Gasteiger partial charge in [-0.3, -0.25) is 0 Å². The number of hydrogen-bond donors (Lipinski definition) is 2. The van der Waals surface area contributed by atoms with Gasteiger partial charge in [0.15, 0.2) is 0 Å². The Hall–Kier alpha value is -0.430. The van der Waals surface area contributed by atoms with E-state index in [2.05, 4.69) is 4.72 Å². The molecule has 0 spiro atoms. The van der Waals surface area contributed by atoms with Crippen LogP contribution in [0.5, 0.6) is 0 Å². The van der Waals surface area contributed by atoms with Gasteiger partial charge in [0.25, 0.3) is 0 Å². The average molecular weight is 274 g/mol. The third kappa shape index (κ3) is 2.88. The van der Waals surface area contributed by atoms with Crippen LogP contribution in [0.15, 0.2) is 16.3 Å². The summed E-state index contributed by atoms with van der Waals surface area (Å²) in [5.74, 6) is 0.498. The number of nitrogens with two attached hydrogens (primary N) is 1. The molecule has 17 heavy (non-hydrogen) atoms. The summed E-state index contributed by atoms with van der Waals surface area (Å²) in [6.07, 6.45) is 3.47. The Morgan fingerprint density at radius 3 is 2.76 bits per heavy atom. The Balaban J connectivity index is 2.07. The summed E-state index contributed by atoms with van der Waals surface area (Å²) in [5, 5.41) is 1.65. The minimum atomic E-state index is -3.37. The molecule has 1 aromatic rings. The van der Waals surface area contributed by atoms with Crippen molar-refractivity contribution in [2.24, 2.45) is 11.7 Å². The summed E-state index contributed by atoms with van der Waals surface area (Å²) in [7, 11) is -3.37. The van der Waals surface area contributed by atoms with Crippen LogP contribution >= 0.6 is 11.3 Å². The van der Waals surface area contributed by atoms with Crippen LogP contribution in [0.25, 0.3) is 0 Å². The topological polar surface area (TPSA) is 72.2 Å². The Bertz CT molecular complexity index is 477. The second-order valence-corrected chi connectivity index (χ2v) is 7.26. The van der Waals surface area contributed by atoms with Gasteiger partial charge < -0.3 is 5.73 Å². The fourth-order valence-corrected chi connectivity index (χ4v) is 4.43. The molecule has 0 aliphatic heterocycles. The Labute approximate surface area is 106 Å². The van der Waals surface area contributed by atoms with E-state index in [0.717, 1.165) is 17.7 Å². The molecule has 0 bridgehead atoms. The first-order valence-corrected chi connectivity index (χ1v) is 8.19. The van der Waals surface area contributed by atoms with Crippen LogP contribution in [-0.4, -0.2) is 14.5 Å². The highest BCUT2D eigenvalue weighted by Gasteiger charge is 2.28. The predicted octanol–water partition coefficient (Wildman–Crippen LogP) is 1.67. The van der Waals surface area contributed by atoms with Crippen LogP contribution in [0.3, 0.4) is 0 Å². The van der Waals surface area contributed by atoms with Crippen molar-refractivity contribution in [2.75, 3.05) is 0 Å². The minimum Gasteiger partial charge on any atom is -0.326 e. The Morgan fingerprint density at radius 2 is 2.29 bits per heavy atom. The highest BCUT2D eigenvalue weighted by atomic mass is 32.2. The first-order chi connectivity index (χ1) is 8.03. The molecular formula is C11H18N2O2S2. The molecular weight excluding hydrogens is 256 g/mol. The monoisotopic (exact) mass is 274 g/mol. The highest BCUT2D eigenvalue weighted by molar-refractivity contribution is 7.89. The van der Waals surface area contributed by atoms with Crippen LogP contribution in [0.1, 0.15) is 31.1 Å². The Kier molecular flexibility index (Phi) is 3.87. The first-order valence-electron chi connectivity index (χ1n) is 5.83. The minimum absolute atomic E-state index is 0.0231. The van der Waals surface area contributed by atoms with Gasteiger partial charge in [-0.1, -0.05) is 6.42 Å². The zero-order valence-electron chi connectivity index (χ0n) is 9.85. The molecule has 0 aromatic carbocycles. The third-order valence-corrected chi connectivity index (χ3v) is 5.99. The van der Waals surface area contributed by atoms with E-state index < -0.39 is 10.0 Å². The maximum atomic E-state index is 12.1. The molecule has 4 nitrogen and oxygen atoms in total. The average Bonchev–Trinajstić information content (AvgIpc) is 2.62. The van der Waals surface area contributed by atoms with Crippen molar-refractivity contribution in [1.82, 2.24) is 4.72 Å². The summed E-state index contributed by atoms with van der Waals surface area (Å²) in [4.78, 5) is 1.23. The standard InChI is InChI=1S/C11H18N2O2S2/c1-8(9-3-2-4-9)13-17(14,15)11-5-10(6-12)16-7-11/h5,7-9,13H,2-4,6,12H2,1H3. The van der Waals surface area contributed by atoms with E-state index in [1.807, 2.05) is 6.92 Å². The van der Waals surface area contributed by atoms with E-state index in [4.69, 9.17) is 5.73 Å². The number of thiophene rings is 1. The largest absolute Gasteiger partial charge is 0.326 e. The van der Waals surface area contributed by atoms with Gasteiger partial charge in [-0.15, -0.1) is 11.3 Å². The van der Waals surface area contributed by atoms with E-state index in [0.29, 0.717) is 17.4 Å². The normalized spacial score (nSPS) is 18.9. The number of rotatable bonds is 5. The SMILES string of the molecule is CC(NS(=O)(=O)c1csc(CN)c1)C1CCC1. The molecule has 1 unspecified atom stereocenters. The second-order valence-electron chi connectivity index (χ2n) is 4.55. The van der Waals surface area contributed by atoms with E-state index in [1.54, 1.807) is 11.4 Å². The predicted molar refractivity (Wildman–Crippen MR) is 69.3 cm³/mol. The van der Waals surface area contributed by atoms with Gasteiger partial charge in [0.1, 0.15) is 0 Å². The lowest BCUT2D eigenvalue weighted by molar-refractivity contribution is 0.260. The molecule has 0 amide bonds. The first kappa shape index (κ1) is 13.0. The number of nitrogens with one attached hydrogen (secondary N) is 1. The molecule has 1 fully saturated rings. The maximum absolute atomic E-state index is 12.1. The molecule has 1 heterocycles. The number of sulfonamides is 1. The smallest absolute Gasteiger partial charge is 0.241 e. The molecule has 1 aromatic heterocycles. The summed E-state index contributed by atoms with van der Waals surface area (Å²) < 4.78 is 26.9. The maximum Gasteiger partial charge on any atom is 0.241 e. The van der Waals surface area contributed by atoms with Gasteiger partial charge in [-0.05, 0) is 31.7 Å². The van der Waals surface area contributed by atoms with Crippen molar-refractivity contribution in [3.05, 3.63) is 16.3 Å². The van der Waals surface area contributed by atoms with Crippen LogP contribution in [0.2, 0.25) is 0 Å². The molecule has 1 aliphatic carbocycles. The van der Waals surface area contributed by atoms with Crippen molar-refractivity contribution in [3.8, 4) is 0 Å². The molecule has 0 saturated heterocycles. The van der Waals surface area contributed by atoms with Gasteiger partial charge in [-0.2, -0.15) is 0 Å². The molecule has 1 atom stereocenters. The van der Waals surface area contributed by atoms with Gasteiger partial charge >= 0.3 is 0 Å². The molecule has 2 rings (SSSR count). The van der Waals surface area contributed by atoms with Crippen LogP contribution in [-0.2, 0) is 16.6 Å². The van der Waals surface area contributed by atoms with Crippen molar-refractivity contribution >= 4 is 21.4 Å². The quantitative estimate of drug-likeness (QED) is 0.858. The Morgan fingerprint density at radius 1 is 1.59 bits per heavy atom. The van der Waals surface area contributed by atoms with Crippen molar-refractivity contribution in [3.63, 3.8) is 0 Å². The van der Waals surface area contributed by atoms with Crippen LogP contribution in [0.4, 0.5) is 0 Å². The summed E-state index contributed by atoms with van der Waals surface area (Å²) in [5.41, 5.74) is 5.48. The van der Waals surface area contributed by atoms with Crippen molar-refractivity contribution in [1.29, 1.82) is 0 Å².